The van der Waals surface area contributed by atoms with Crippen LogP contribution in [0.15, 0.2) is 10.2 Å². The second-order valence-corrected chi connectivity index (χ2v) is 9.17. The summed E-state index contributed by atoms with van der Waals surface area (Å²) in [7, 11) is 0. The number of carbonyl (C=O) groups is 1. The van der Waals surface area contributed by atoms with Crippen molar-refractivity contribution in [2.75, 3.05) is 6.54 Å². The predicted molar refractivity (Wildman–Crippen MR) is 118 cm³/mol. The molecule has 30 heavy (non-hydrogen) atoms. The van der Waals surface area contributed by atoms with E-state index in [0.717, 1.165) is 45.1 Å². The van der Waals surface area contributed by atoms with E-state index in [1.165, 1.54) is 12.8 Å². The summed E-state index contributed by atoms with van der Waals surface area (Å²) in [5.74, 6) is -0.0176. The minimum absolute atomic E-state index is 0.00310. The van der Waals surface area contributed by atoms with Crippen LogP contribution in [0, 0.1) is 10.1 Å². The maximum absolute atomic E-state index is 11.8. The van der Waals surface area contributed by atoms with Gasteiger partial charge in [0, 0.05) is 36.8 Å². The Morgan fingerprint density at radius 1 is 1.17 bits per heavy atom. The average molecular weight is 424 g/mol. The molecule has 0 aromatic rings. The maximum Gasteiger partial charge on any atom is 0.217 e. The van der Waals surface area contributed by atoms with Crippen LogP contribution in [0.25, 0.3) is 0 Å². The summed E-state index contributed by atoms with van der Waals surface area (Å²) < 4.78 is 0. The maximum atomic E-state index is 11.8. The third kappa shape index (κ3) is 7.29. The van der Waals surface area contributed by atoms with Crippen LogP contribution in [0.2, 0.25) is 0 Å². The van der Waals surface area contributed by atoms with Gasteiger partial charge in [0.25, 0.3) is 0 Å². The lowest BCUT2D eigenvalue weighted by molar-refractivity contribution is -0.526. The van der Waals surface area contributed by atoms with Crippen molar-refractivity contribution in [3.8, 4) is 0 Å². The Kier molecular flexibility index (Phi) is 10.1. The molecule has 4 atom stereocenters. The van der Waals surface area contributed by atoms with Gasteiger partial charge in [-0.2, -0.15) is 10.2 Å². The molecule has 0 heterocycles. The van der Waals surface area contributed by atoms with Gasteiger partial charge in [0.2, 0.25) is 11.9 Å². The summed E-state index contributed by atoms with van der Waals surface area (Å²) in [4.78, 5) is 25.2. The van der Waals surface area contributed by atoms with Crippen LogP contribution in [0.1, 0.15) is 91.9 Å². The molecule has 0 saturated heterocycles. The second kappa shape index (κ2) is 12.3. The molecule has 2 aliphatic rings. The van der Waals surface area contributed by atoms with E-state index in [0.29, 0.717) is 24.9 Å². The number of hydrogen-bond donors (Lipinski definition) is 1. The molecule has 2 aliphatic carbocycles. The Labute approximate surface area is 181 Å². The number of nitrogens with one attached hydrogen (secondary N) is 1. The zero-order chi connectivity index (χ0) is 22.1. The smallest absolute Gasteiger partial charge is 0.217 e. The minimum Gasteiger partial charge on any atom is -0.351 e. The van der Waals surface area contributed by atoms with Crippen molar-refractivity contribution >= 4 is 5.91 Å². The van der Waals surface area contributed by atoms with Crippen molar-refractivity contribution in [2.24, 2.45) is 10.2 Å². The number of azo groups is 1. The third-order valence-electron chi connectivity index (χ3n) is 6.91. The summed E-state index contributed by atoms with van der Waals surface area (Å²) >= 11 is 0. The molecule has 0 bridgehead atoms. The predicted octanol–water partition coefficient (Wildman–Crippen LogP) is 4.35. The van der Waals surface area contributed by atoms with Crippen LogP contribution in [0.3, 0.4) is 0 Å². The van der Waals surface area contributed by atoms with Crippen molar-refractivity contribution < 1.29 is 9.72 Å². The first kappa shape index (κ1) is 24.7. The lowest BCUT2D eigenvalue weighted by atomic mass is 9.85. The highest BCUT2D eigenvalue weighted by Crippen LogP contribution is 2.30. The molecule has 0 aromatic carbocycles. The van der Waals surface area contributed by atoms with Gasteiger partial charge in [0.05, 0.1) is 18.1 Å². The third-order valence-corrected chi connectivity index (χ3v) is 6.91. The van der Waals surface area contributed by atoms with Gasteiger partial charge in [-0.1, -0.05) is 20.3 Å². The molecule has 1 N–H and O–H groups in total. The van der Waals surface area contributed by atoms with Crippen LogP contribution in [0.5, 0.6) is 0 Å². The van der Waals surface area contributed by atoms with E-state index in [4.69, 9.17) is 0 Å². The standard InChI is InChI=1S/C22H41N5O3/c1-5-7-14-26(16(3)6-2)20-12-13-21(22(15-20)23-17(4)28)25-24-18-8-10-19(11-9-18)27(29)30/h16,18-22H,5-15H2,1-4H3,(H,23,28). The summed E-state index contributed by atoms with van der Waals surface area (Å²) in [5, 5.41) is 23.3. The van der Waals surface area contributed by atoms with Gasteiger partial charge in [-0.25, -0.2) is 0 Å². The van der Waals surface area contributed by atoms with Crippen LogP contribution in [0.4, 0.5) is 0 Å². The molecular formula is C22H41N5O3. The molecule has 0 aromatic heterocycles. The van der Waals surface area contributed by atoms with Gasteiger partial charge in [0.1, 0.15) is 0 Å². The van der Waals surface area contributed by atoms with Gasteiger partial charge >= 0.3 is 0 Å². The van der Waals surface area contributed by atoms with Crippen molar-refractivity contribution in [3.05, 3.63) is 10.1 Å². The second-order valence-electron chi connectivity index (χ2n) is 9.17. The van der Waals surface area contributed by atoms with E-state index in [2.05, 4.69) is 41.2 Å². The van der Waals surface area contributed by atoms with Crippen molar-refractivity contribution in [1.82, 2.24) is 10.2 Å². The molecule has 0 radical (unpaired) electrons. The van der Waals surface area contributed by atoms with Gasteiger partial charge in [0.15, 0.2) is 0 Å². The highest BCUT2D eigenvalue weighted by atomic mass is 16.6. The molecule has 4 unspecified atom stereocenters. The van der Waals surface area contributed by atoms with Gasteiger partial charge < -0.3 is 5.32 Å². The lowest BCUT2D eigenvalue weighted by Gasteiger charge is -2.42. The van der Waals surface area contributed by atoms with Gasteiger partial charge in [-0.05, 0) is 58.4 Å². The number of rotatable bonds is 10. The zero-order valence-electron chi connectivity index (χ0n) is 19.3. The Bertz CT molecular complexity index is 577. The van der Waals surface area contributed by atoms with E-state index >= 15 is 0 Å². The number of hydrogen-bond acceptors (Lipinski definition) is 6. The quantitative estimate of drug-likeness (QED) is 0.321. The fourth-order valence-electron chi connectivity index (χ4n) is 4.89. The van der Waals surface area contributed by atoms with E-state index < -0.39 is 6.04 Å². The highest BCUT2D eigenvalue weighted by Gasteiger charge is 2.35. The first-order chi connectivity index (χ1) is 14.3. The molecule has 2 rings (SSSR count). The minimum atomic E-state index is -0.423. The number of nitrogens with zero attached hydrogens (tertiary/aromatic N) is 4. The molecule has 0 spiro atoms. The van der Waals surface area contributed by atoms with Crippen LogP contribution < -0.4 is 5.32 Å². The SMILES string of the molecule is CCCCN(C(C)CC)C1CCC(N=NC2CCC([N+](=O)[O-])CC2)C(NC(C)=O)C1. The van der Waals surface area contributed by atoms with E-state index in [9.17, 15) is 14.9 Å². The van der Waals surface area contributed by atoms with Gasteiger partial charge in [-0.15, -0.1) is 0 Å². The Morgan fingerprint density at radius 3 is 2.43 bits per heavy atom. The molecular weight excluding hydrogens is 382 g/mol. The molecule has 2 saturated carbocycles. The topological polar surface area (TPSA) is 100 Å². The zero-order valence-corrected chi connectivity index (χ0v) is 19.3. The Morgan fingerprint density at radius 2 is 1.87 bits per heavy atom. The van der Waals surface area contributed by atoms with Crippen LogP contribution >= 0.6 is 0 Å². The molecule has 8 heteroatoms. The normalized spacial score (nSPS) is 31.0. The first-order valence-corrected chi connectivity index (χ1v) is 11.9. The largest absolute Gasteiger partial charge is 0.351 e. The lowest BCUT2D eigenvalue weighted by Crippen LogP contribution is -2.53. The van der Waals surface area contributed by atoms with E-state index in [1.807, 2.05) is 0 Å². The highest BCUT2D eigenvalue weighted by molar-refractivity contribution is 5.73. The molecule has 172 valence electrons. The average Bonchev–Trinajstić information content (AvgIpc) is 2.73. The summed E-state index contributed by atoms with van der Waals surface area (Å²) in [6.45, 7) is 9.44. The van der Waals surface area contributed by atoms with Crippen molar-refractivity contribution in [2.45, 2.75) is 128 Å². The Hall–Kier alpha value is -1.57. The molecule has 2 fully saturated rings. The van der Waals surface area contributed by atoms with Crippen LogP contribution in [-0.2, 0) is 4.79 Å². The number of unbranched alkanes of at least 4 members (excludes halogenated alkanes) is 1. The number of nitro groups is 1. The van der Waals surface area contributed by atoms with Crippen molar-refractivity contribution in [1.29, 1.82) is 0 Å². The number of amides is 1. The van der Waals surface area contributed by atoms with E-state index in [-0.39, 0.29) is 29.0 Å². The summed E-state index contributed by atoms with van der Waals surface area (Å²) in [6, 6.07) is 0.670. The summed E-state index contributed by atoms with van der Waals surface area (Å²) in [5.41, 5.74) is 0. The first-order valence-electron chi connectivity index (χ1n) is 11.9. The van der Waals surface area contributed by atoms with Gasteiger partial charge in [-0.3, -0.25) is 19.8 Å². The Balaban J connectivity index is 2.00. The fraction of sp³-hybridized carbons (Fsp3) is 0.955. The van der Waals surface area contributed by atoms with E-state index in [1.54, 1.807) is 6.92 Å². The molecule has 1 amide bonds. The molecule has 8 nitrogen and oxygen atoms in total. The molecule has 0 aliphatic heterocycles. The number of carbonyl (C=O) groups excluding carboxylic acids is 1. The van der Waals surface area contributed by atoms with Crippen molar-refractivity contribution in [3.63, 3.8) is 0 Å². The summed E-state index contributed by atoms with van der Waals surface area (Å²) in [6.07, 6.45) is 9.03. The van der Waals surface area contributed by atoms with Crippen LogP contribution in [-0.4, -0.2) is 58.5 Å². The monoisotopic (exact) mass is 423 g/mol. The fourth-order valence-corrected chi connectivity index (χ4v) is 4.89.